The summed E-state index contributed by atoms with van der Waals surface area (Å²) in [6, 6.07) is 11.9. The van der Waals surface area contributed by atoms with Crippen molar-refractivity contribution in [3.8, 4) is 11.5 Å². The fourth-order valence-corrected chi connectivity index (χ4v) is 2.20. The van der Waals surface area contributed by atoms with Gasteiger partial charge in [-0.15, -0.1) is 0 Å². The minimum absolute atomic E-state index is 0.441. The summed E-state index contributed by atoms with van der Waals surface area (Å²) >= 11 is 0. The van der Waals surface area contributed by atoms with Crippen LogP contribution >= 0.6 is 0 Å². The Kier molecular flexibility index (Phi) is 4.73. The van der Waals surface area contributed by atoms with Gasteiger partial charge in [-0.3, -0.25) is 0 Å². The second-order valence-electron chi connectivity index (χ2n) is 5.54. The van der Waals surface area contributed by atoms with Gasteiger partial charge in [0.2, 0.25) is 0 Å². The molecule has 0 spiro atoms. The van der Waals surface area contributed by atoms with Gasteiger partial charge >= 0.3 is 0 Å². The molecule has 2 N–H and O–H groups in total. The molecular formula is C18H23NO2. The highest BCUT2D eigenvalue weighted by Gasteiger charge is 2.08. The van der Waals surface area contributed by atoms with Crippen molar-refractivity contribution in [3.05, 3.63) is 53.1 Å². The third-order valence-electron chi connectivity index (χ3n) is 3.57. The van der Waals surface area contributed by atoms with E-state index in [4.69, 9.17) is 15.2 Å². The molecule has 0 radical (unpaired) electrons. The SMILES string of the molecule is COc1ccc(N)cc1COc1cc(C(C)C)ccc1C. The summed E-state index contributed by atoms with van der Waals surface area (Å²) in [5.41, 5.74) is 9.90. The third kappa shape index (κ3) is 3.69. The van der Waals surface area contributed by atoms with Crippen molar-refractivity contribution in [3.63, 3.8) is 0 Å². The maximum absolute atomic E-state index is 5.98. The smallest absolute Gasteiger partial charge is 0.125 e. The minimum Gasteiger partial charge on any atom is -0.496 e. The predicted molar refractivity (Wildman–Crippen MR) is 87.0 cm³/mol. The van der Waals surface area contributed by atoms with Crippen LogP contribution in [-0.4, -0.2) is 7.11 Å². The Morgan fingerprint density at radius 2 is 1.81 bits per heavy atom. The molecule has 2 aromatic carbocycles. The van der Waals surface area contributed by atoms with Crippen molar-refractivity contribution in [1.29, 1.82) is 0 Å². The average Bonchev–Trinajstić information content (AvgIpc) is 2.46. The van der Waals surface area contributed by atoms with Gasteiger partial charge in [-0.25, -0.2) is 0 Å². The molecule has 112 valence electrons. The van der Waals surface area contributed by atoms with Gasteiger partial charge in [0.1, 0.15) is 18.1 Å². The molecule has 0 amide bonds. The lowest BCUT2D eigenvalue weighted by atomic mass is 10.0. The molecule has 2 rings (SSSR count). The molecule has 0 unspecified atom stereocenters. The lowest BCUT2D eigenvalue weighted by Crippen LogP contribution is -2.02. The van der Waals surface area contributed by atoms with Crippen LogP contribution in [0, 0.1) is 6.92 Å². The zero-order chi connectivity index (χ0) is 15.4. The van der Waals surface area contributed by atoms with E-state index in [-0.39, 0.29) is 0 Å². The van der Waals surface area contributed by atoms with Gasteiger partial charge in [-0.2, -0.15) is 0 Å². The van der Waals surface area contributed by atoms with Gasteiger partial charge in [-0.05, 0) is 48.2 Å². The monoisotopic (exact) mass is 285 g/mol. The van der Waals surface area contributed by atoms with Gasteiger partial charge in [-0.1, -0.05) is 26.0 Å². The molecule has 3 nitrogen and oxygen atoms in total. The van der Waals surface area contributed by atoms with E-state index in [0.717, 1.165) is 22.6 Å². The summed E-state index contributed by atoms with van der Waals surface area (Å²) in [7, 11) is 1.65. The van der Waals surface area contributed by atoms with E-state index in [2.05, 4.69) is 39.0 Å². The molecule has 3 heteroatoms. The molecule has 21 heavy (non-hydrogen) atoms. The van der Waals surface area contributed by atoms with Gasteiger partial charge in [0, 0.05) is 11.3 Å². The second-order valence-corrected chi connectivity index (χ2v) is 5.54. The average molecular weight is 285 g/mol. The molecular weight excluding hydrogens is 262 g/mol. The van der Waals surface area contributed by atoms with Crippen molar-refractivity contribution in [1.82, 2.24) is 0 Å². The van der Waals surface area contributed by atoms with Gasteiger partial charge in [0.15, 0.2) is 0 Å². The minimum atomic E-state index is 0.441. The maximum atomic E-state index is 5.98. The van der Waals surface area contributed by atoms with Crippen LogP contribution < -0.4 is 15.2 Å². The Hall–Kier alpha value is -2.16. The fourth-order valence-electron chi connectivity index (χ4n) is 2.20. The number of hydrogen-bond acceptors (Lipinski definition) is 3. The molecule has 0 aromatic heterocycles. The first-order chi connectivity index (χ1) is 10.0. The van der Waals surface area contributed by atoms with E-state index >= 15 is 0 Å². The maximum Gasteiger partial charge on any atom is 0.125 e. The number of nitrogens with two attached hydrogens (primary N) is 1. The Morgan fingerprint density at radius 3 is 2.48 bits per heavy atom. The van der Waals surface area contributed by atoms with Crippen LogP contribution in [0.5, 0.6) is 11.5 Å². The number of benzene rings is 2. The number of anilines is 1. The lowest BCUT2D eigenvalue weighted by Gasteiger charge is -2.14. The number of methoxy groups -OCH3 is 1. The molecule has 0 atom stereocenters. The van der Waals surface area contributed by atoms with Crippen LogP contribution in [0.4, 0.5) is 5.69 Å². The van der Waals surface area contributed by atoms with Crippen LogP contribution in [0.1, 0.15) is 36.5 Å². The van der Waals surface area contributed by atoms with Crippen molar-refractivity contribution in [2.24, 2.45) is 0 Å². The third-order valence-corrected chi connectivity index (χ3v) is 3.57. The summed E-state index contributed by atoms with van der Waals surface area (Å²) in [6.45, 7) is 6.84. The quantitative estimate of drug-likeness (QED) is 0.833. The molecule has 0 aliphatic carbocycles. The van der Waals surface area contributed by atoms with Crippen molar-refractivity contribution in [2.45, 2.75) is 33.3 Å². The summed E-state index contributed by atoms with van der Waals surface area (Å²) in [5, 5.41) is 0. The van der Waals surface area contributed by atoms with Crippen LogP contribution in [0.15, 0.2) is 36.4 Å². The largest absolute Gasteiger partial charge is 0.496 e. The highest BCUT2D eigenvalue weighted by Crippen LogP contribution is 2.27. The molecule has 0 aliphatic heterocycles. The van der Waals surface area contributed by atoms with Crippen molar-refractivity contribution < 1.29 is 9.47 Å². The van der Waals surface area contributed by atoms with E-state index < -0.39 is 0 Å². The van der Waals surface area contributed by atoms with Gasteiger partial charge < -0.3 is 15.2 Å². The number of ether oxygens (including phenoxy) is 2. The number of hydrogen-bond donors (Lipinski definition) is 1. The van der Waals surface area contributed by atoms with Gasteiger partial charge in [0.05, 0.1) is 7.11 Å². The fraction of sp³-hybridized carbons (Fsp3) is 0.333. The van der Waals surface area contributed by atoms with E-state index in [1.165, 1.54) is 5.56 Å². The zero-order valence-corrected chi connectivity index (χ0v) is 13.1. The molecule has 0 saturated heterocycles. The summed E-state index contributed by atoms with van der Waals surface area (Å²) in [6.07, 6.45) is 0. The highest BCUT2D eigenvalue weighted by atomic mass is 16.5. The topological polar surface area (TPSA) is 44.5 Å². The Labute approximate surface area is 126 Å². The number of aryl methyl sites for hydroxylation is 1. The van der Waals surface area contributed by atoms with Gasteiger partial charge in [0.25, 0.3) is 0 Å². The van der Waals surface area contributed by atoms with Crippen molar-refractivity contribution in [2.75, 3.05) is 12.8 Å². The molecule has 2 aromatic rings. The summed E-state index contributed by atoms with van der Waals surface area (Å²) in [4.78, 5) is 0. The first-order valence-corrected chi connectivity index (χ1v) is 7.17. The molecule has 0 fully saturated rings. The first kappa shape index (κ1) is 15.2. The molecule has 0 saturated carbocycles. The second kappa shape index (κ2) is 6.53. The molecule has 0 heterocycles. The van der Waals surface area contributed by atoms with Crippen LogP contribution in [-0.2, 0) is 6.61 Å². The van der Waals surface area contributed by atoms with Crippen LogP contribution in [0.2, 0.25) is 0 Å². The first-order valence-electron chi connectivity index (χ1n) is 7.17. The van der Waals surface area contributed by atoms with E-state index in [1.807, 2.05) is 18.2 Å². The van der Waals surface area contributed by atoms with E-state index in [9.17, 15) is 0 Å². The Bertz CT molecular complexity index is 621. The van der Waals surface area contributed by atoms with E-state index in [0.29, 0.717) is 18.2 Å². The van der Waals surface area contributed by atoms with Crippen LogP contribution in [0.25, 0.3) is 0 Å². The molecule has 0 aliphatic rings. The number of rotatable bonds is 5. The van der Waals surface area contributed by atoms with Crippen molar-refractivity contribution >= 4 is 5.69 Å². The predicted octanol–water partition coefficient (Wildman–Crippen LogP) is 4.29. The standard InChI is InChI=1S/C18H23NO2/c1-12(2)14-6-5-13(3)18(10-14)21-11-15-9-16(19)7-8-17(15)20-4/h5-10,12H,11,19H2,1-4H3. The molecule has 0 bridgehead atoms. The summed E-state index contributed by atoms with van der Waals surface area (Å²) < 4.78 is 11.3. The lowest BCUT2D eigenvalue weighted by molar-refractivity contribution is 0.294. The highest BCUT2D eigenvalue weighted by molar-refractivity contribution is 5.48. The normalized spacial score (nSPS) is 10.7. The van der Waals surface area contributed by atoms with E-state index in [1.54, 1.807) is 7.11 Å². The van der Waals surface area contributed by atoms with Crippen LogP contribution in [0.3, 0.4) is 0 Å². The summed E-state index contributed by atoms with van der Waals surface area (Å²) in [5.74, 6) is 2.18. The Morgan fingerprint density at radius 1 is 1.05 bits per heavy atom. The number of nitrogen functional groups attached to an aromatic ring is 1. The zero-order valence-electron chi connectivity index (χ0n) is 13.1. The Balaban J connectivity index is 2.20.